The Kier molecular flexibility index (Phi) is 3.97. The lowest BCUT2D eigenvalue weighted by Gasteiger charge is -2.31. The molecule has 0 saturated heterocycles. The number of fused-ring (bicyclic) bond motifs is 1. The van der Waals surface area contributed by atoms with Crippen molar-refractivity contribution in [3.8, 4) is 0 Å². The molecular formula is C15H10BrF3N2O3S. The summed E-state index contributed by atoms with van der Waals surface area (Å²) in [6.07, 6.45) is -5.14. The summed E-state index contributed by atoms with van der Waals surface area (Å²) >= 11 is 3.05. The van der Waals surface area contributed by atoms with Gasteiger partial charge in [-0.05, 0) is 33.6 Å². The van der Waals surface area contributed by atoms with Crippen molar-refractivity contribution in [2.45, 2.75) is 11.7 Å². The molecule has 0 saturated carbocycles. The lowest BCUT2D eigenvalue weighted by atomic mass is 9.89. The van der Waals surface area contributed by atoms with E-state index in [4.69, 9.17) is 5.73 Å². The van der Waals surface area contributed by atoms with E-state index in [1.807, 2.05) is 0 Å². The van der Waals surface area contributed by atoms with E-state index in [2.05, 4.69) is 20.9 Å². The molecule has 1 aliphatic heterocycles. The van der Waals surface area contributed by atoms with E-state index >= 15 is 0 Å². The van der Waals surface area contributed by atoms with Gasteiger partial charge in [0.05, 0.1) is 11.0 Å². The van der Waals surface area contributed by atoms with E-state index < -0.39 is 37.5 Å². The van der Waals surface area contributed by atoms with Crippen molar-refractivity contribution < 1.29 is 26.1 Å². The molecule has 0 amide bonds. The highest BCUT2D eigenvalue weighted by Gasteiger charge is 2.64. The Morgan fingerprint density at radius 3 is 2.24 bits per heavy atom. The lowest BCUT2D eigenvalue weighted by molar-refractivity contribution is -0.169. The number of nitrogens with two attached hydrogens (primary N) is 1. The predicted molar refractivity (Wildman–Crippen MR) is 88.5 cm³/mol. The summed E-state index contributed by atoms with van der Waals surface area (Å²) in [6.45, 7) is 0. The fourth-order valence-electron chi connectivity index (χ4n) is 2.87. The van der Waals surface area contributed by atoms with Gasteiger partial charge in [0, 0.05) is 9.69 Å². The van der Waals surface area contributed by atoms with Crippen molar-refractivity contribution in [2.24, 2.45) is 4.99 Å². The van der Waals surface area contributed by atoms with Gasteiger partial charge in [0.2, 0.25) is 5.54 Å². The fourth-order valence-corrected chi connectivity index (χ4v) is 4.33. The minimum atomic E-state index is -5.29. The van der Waals surface area contributed by atoms with Crippen LogP contribution in [-0.4, -0.2) is 19.1 Å². The molecule has 10 heteroatoms. The number of nitrogen functional groups attached to an aromatic ring is 1. The summed E-state index contributed by atoms with van der Waals surface area (Å²) in [4.78, 5) is 2.37. The summed E-state index contributed by atoms with van der Waals surface area (Å²) in [6, 6.07) is 8.88. The van der Waals surface area contributed by atoms with Gasteiger partial charge >= 0.3 is 6.18 Å². The summed E-state index contributed by atoms with van der Waals surface area (Å²) in [7, 11) is -5.29. The van der Waals surface area contributed by atoms with E-state index in [1.54, 1.807) is 0 Å². The number of rotatable bonds is 2. The Bertz CT molecular complexity index is 1090. The van der Waals surface area contributed by atoms with E-state index in [9.17, 15) is 26.1 Å². The zero-order valence-corrected chi connectivity index (χ0v) is 14.7. The number of benzene rings is 2. The molecule has 5 nitrogen and oxygen atoms in total. The summed E-state index contributed by atoms with van der Waals surface area (Å²) in [5, 5.41) is -0.729. The zero-order valence-electron chi connectivity index (χ0n) is 12.2. The molecule has 0 radical (unpaired) electrons. The average Bonchev–Trinajstić information content (AvgIpc) is 2.89. The highest BCUT2D eigenvalue weighted by Crippen LogP contribution is 2.50. The van der Waals surface area contributed by atoms with Crippen LogP contribution in [0.15, 0.2) is 51.9 Å². The largest absolute Gasteiger partial charge is 0.422 e. The first-order chi connectivity index (χ1) is 11.5. The number of anilines is 1. The van der Waals surface area contributed by atoms with Crippen molar-refractivity contribution in [3.63, 3.8) is 0 Å². The molecule has 3 rings (SSSR count). The number of alkyl halides is 3. The first kappa shape index (κ1) is 17.9. The standard InChI is InChI=1S/C15H10BrF3N2O3S/c16-9-6-7-10-11(12(9)20)13(25(22,23)24)14(21-10,15(17,18)19)8-4-2-1-3-5-8/h1-7H,20H2,(H,22,23,24). The lowest BCUT2D eigenvalue weighted by Crippen LogP contribution is -2.44. The van der Waals surface area contributed by atoms with Crippen LogP contribution in [0.5, 0.6) is 0 Å². The van der Waals surface area contributed by atoms with Gasteiger partial charge in [-0.25, -0.2) is 0 Å². The molecule has 1 atom stereocenters. The minimum absolute atomic E-state index is 0.189. The van der Waals surface area contributed by atoms with Crippen molar-refractivity contribution in [1.82, 2.24) is 0 Å². The number of halogens is 4. The zero-order chi connectivity index (χ0) is 18.6. The van der Waals surface area contributed by atoms with Crippen LogP contribution in [-0.2, 0) is 15.7 Å². The highest BCUT2D eigenvalue weighted by molar-refractivity contribution is 9.10. The molecule has 0 aromatic heterocycles. The molecular weight excluding hydrogens is 425 g/mol. The van der Waals surface area contributed by atoms with Gasteiger partial charge in [-0.3, -0.25) is 9.55 Å². The molecule has 132 valence electrons. The third kappa shape index (κ3) is 2.55. The van der Waals surface area contributed by atoms with Crippen molar-refractivity contribution in [2.75, 3.05) is 5.73 Å². The van der Waals surface area contributed by atoms with Gasteiger partial charge in [0.1, 0.15) is 4.91 Å². The number of hydrogen-bond acceptors (Lipinski definition) is 4. The van der Waals surface area contributed by atoms with Gasteiger partial charge in [-0.2, -0.15) is 21.6 Å². The van der Waals surface area contributed by atoms with E-state index in [-0.39, 0.29) is 15.5 Å². The second-order valence-corrected chi connectivity index (χ2v) is 7.56. The Morgan fingerprint density at radius 1 is 1.12 bits per heavy atom. The molecule has 0 bridgehead atoms. The van der Waals surface area contributed by atoms with Crippen molar-refractivity contribution >= 4 is 36.6 Å². The Morgan fingerprint density at radius 2 is 1.72 bits per heavy atom. The number of hydrogen-bond donors (Lipinski definition) is 2. The van der Waals surface area contributed by atoms with E-state index in [0.717, 1.165) is 12.1 Å². The molecule has 2 aromatic rings. The SMILES string of the molecule is Nc1c(Br)ccc2c1=C(S(=O)(=O)O)C(c1ccccc1)(C(F)(F)F)N=2. The Labute approximate surface area is 148 Å². The second-order valence-electron chi connectivity index (χ2n) is 5.35. The van der Waals surface area contributed by atoms with Gasteiger partial charge in [0.15, 0.2) is 0 Å². The van der Waals surface area contributed by atoms with Crippen LogP contribution in [0.2, 0.25) is 0 Å². The van der Waals surface area contributed by atoms with Crippen LogP contribution >= 0.6 is 15.9 Å². The maximum atomic E-state index is 14.1. The third-order valence-corrected chi connectivity index (χ3v) is 5.58. The summed E-state index contributed by atoms with van der Waals surface area (Å²) in [5.74, 6) is 0. The van der Waals surface area contributed by atoms with Gasteiger partial charge in [-0.1, -0.05) is 30.3 Å². The molecule has 25 heavy (non-hydrogen) atoms. The first-order valence-electron chi connectivity index (χ1n) is 6.78. The van der Waals surface area contributed by atoms with Crippen LogP contribution in [0.1, 0.15) is 5.56 Å². The van der Waals surface area contributed by atoms with E-state index in [0.29, 0.717) is 0 Å². The fraction of sp³-hybridized carbons (Fsp3) is 0.133. The van der Waals surface area contributed by atoms with E-state index in [1.165, 1.54) is 30.3 Å². The van der Waals surface area contributed by atoms with Crippen LogP contribution in [0, 0.1) is 0 Å². The van der Waals surface area contributed by atoms with Crippen LogP contribution < -0.4 is 16.3 Å². The molecule has 0 fully saturated rings. The summed E-state index contributed by atoms with van der Waals surface area (Å²) < 4.78 is 76.2. The molecule has 1 heterocycles. The number of nitrogens with zero attached hydrogens (tertiary/aromatic N) is 1. The van der Waals surface area contributed by atoms with Crippen LogP contribution in [0.3, 0.4) is 0 Å². The molecule has 1 aliphatic rings. The highest BCUT2D eigenvalue weighted by atomic mass is 79.9. The third-order valence-electron chi connectivity index (χ3n) is 3.87. The normalized spacial score (nSPS) is 20.3. The quantitative estimate of drug-likeness (QED) is 0.559. The van der Waals surface area contributed by atoms with Gasteiger partial charge < -0.3 is 5.73 Å². The molecule has 2 aromatic carbocycles. The Hall–Kier alpha value is -1.91. The average molecular weight is 435 g/mol. The van der Waals surface area contributed by atoms with Gasteiger partial charge in [0.25, 0.3) is 10.1 Å². The van der Waals surface area contributed by atoms with Crippen LogP contribution in [0.4, 0.5) is 18.9 Å². The van der Waals surface area contributed by atoms with Crippen molar-refractivity contribution in [3.05, 3.63) is 63.1 Å². The maximum Gasteiger partial charge on any atom is 0.422 e. The second kappa shape index (κ2) is 5.55. The Balaban J connectivity index is 2.63. The minimum Gasteiger partial charge on any atom is -0.397 e. The smallest absolute Gasteiger partial charge is 0.397 e. The van der Waals surface area contributed by atoms with Crippen molar-refractivity contribution in [1.29, 1.82) is 0 Å². The molecule has 1 unspecified atom stereocenters. The molecule has 3 N–H and O–H groups in total. The van der Waals surface area contributed by atoms with Crippen LogP contribution in [0.25, 0.3) is 4.91 Å². The first-order valence-corrected chi connectivity index (χ1v) is 9.02. The topological polar surface area (TPSA) is 92.8 Å². The summed E-state index contributed by atoms with van der Waals surface area (Å²) in [5.41, 5.74) is 1.82. The van der Waals surface area contributed by atoms with Gasteiger partial charge in [-0.15, -0.1) is 0 Å². The predicted octanol–water partition coefficient (Wildman–Crippen LogP) is 2.12. The molecule has 0 aliphatic carbocycles. The maximum absolute atomic E-state index is 14.1. The monoisotopic (exact) mass is 434 g/mol. The molecule has 0 spiro atoms.